The predicted molar refractivity (Wildman–Crippen MR) is 76.1 cm³/mol. The molecule has 0 aliphatic rings. The molecule has 1 atom stereocenters. The Hall–Kier alpha value is -0.0800. The maximum absolute atomic E-state index is 9.04. The molecule has 0 radical (unpaired) electrons. The maximum atomic E-state index is 9.04. The molecule has 0 saturated heterocycles. The molecule has 104 valence electrons. The minimum Gasteiger partial charge on any atom is -0.396 e. The Kier molecular flexibility index (Phi) is 6.16. The van der Waals surface area contributed by atoms with E-state index in [1.54, 1.807) is 0 Å². The smallest absolute Gasteiger partial charge is 0.0962 e. The van der Waals surface area contributed by atoms with Crippen LogP contribution < -0.4 is 0 Å². The summed E-state index contributed by atoms with van der Waals surface area (Å²) in [5, 5.41) is 9.04. The lowest BCUT2D eigenvalue weighted by Crippen LogP contribution is -2.59. The molecule has 0 aliphatic carbocycles. The SMILES string of the molecule is CCC(C)(C)CC(C)(CC)[N+](C)(C)CCCO. The topological polar surface area (TPSA) is 20.2 Å². The Morgan fingerprint density at radius 1 is 1.00 bits per heavy atom. The van der Waals surface area contributed by atoms with Crippen molar-refractivity contribution < 1.29 is 9.59 Å². The van der Waals surface area contributed by atoms with Gasteiger partial charge in [-0.25, -0.2) is 0 Å². The van der Waals surface area contributed by atoms with Crippen LogP contribution in [-0.4, -0.2) is 42.4 Å². The van der Waals surface area contributed by atoms with E-state index in [1.165, 1.54) is 19.3 Å². The van der Waals surface area contributed by atoms with Crippen molar-refractivity contribution in [2.24, 2.45) is 5.41 Å². The molecular formula is C15H34NO+. The van der Waals surface area contributed by atoms with Crippen molar-refractivity contribution in [1.29, 1.82) is 0 Å². The van der Waals surface area contributed by atoms with Gasteiger partial charge in [-0.1, -0.05) is 34.1 Å². The molecule has 0 rings (SSSR count). The zero-order valence-corrected chi connectivity index (χ0v) is 13.1. The number of hydrogen-bond acceptors (Lipinski definition) is 1. The van der Waals surface area contributed by atoms with Crippen LogP contribution in [0.5, 0.6) is 0 Å². The summed E-state index contributed by atoms with van der Waals surface area (Å²) in [6.45, 7) is 13.1. The molecule has 0 amide bonds. The van der Waals surface area contributed by atoms with Gasteiger partial charge in [0.2, 0.25) is 0 Å². The van der Waals surface area contributed by atoms with Crippen molar-refractivity contribution in [3.05, 3.63) is 0 Å². The van der Waals surface area contributed by atoms with Gasteiger partial charge in [0.1, 0.15) is 0 Å². The van der Waals surface area contributed by atoms with E-state index in [4.69, 9.17) is 5.11 Å². The van der Waals surface area contributed by atoms with Gasteiger partial charge in [0.25, 0.3) is 0 Å². The van der Waals surface area contributed by atoms with E-state index in [1.807, 2.05) is 0 Å². The highest BCUT2D eigenvalue weighted by atomic mass is 16.3. The van der Waals surface area contributed by atoms with Crippen LogP contribution in [0.2, 0.25) is 0 Å². The van der Waals surface area contributed by atoms with Gasteiger partial charge in [0.15, 0.2) is 0 Å². The van der Waals surface area contributed by atoms with E-state index < -0.39 is 0 Å². The summed E-state index contributed by atoms with van der Waals surface area (Å²) in [5.74, 6) is 0. The van der Waals surface area contributed by atoms with Crippen molar-refractivity contribution in [2.75, 3.05) is 27.2 Å². The molecule has 0 aliphatic heterocycles. The lowest BCUT2D eigenvalue weighted by atomic mass is 9.74. The third-order valence-electron chi connectivity index (χ3n) is 4.91. The Balaban J connectivity index is 4.86. The van der Waals surface area contributed by atoms with Crippen molar-refractivity contribution in [2.45, 2.75) is 65.8 Å². The van der Waals surface area contributed by atoms with Gasteiger partial charge in [0, 0.05) is 19.4 Å². The van der Waals surface area contributed by atoms with E-state index in [-0.39, 0.29) is 0 Å². The van der Waals surface area contributed by atoms with Crippen LogP contribution in [0.3, 0.4) is 0 Å². The molecule has 0 bridgehead atoms. The maximum Gasteiger partial charge on any atom is 0.0962 e. The van der Waals surface area contributed by atoms with Gasteiger partial charge in [-0.2, -0.15) is 0 Å². The average Bonchev–Trinajstić information content (AvgIpc) is 2.25. The van der Waals surface area contributed by atoms with Crippen molar-refractivity contribution in [1.82, 2.24) is 0 Å². The molecule has 0 spiro atoms. The van der Waals surface area contributed by atoms with Gasteiger partial charge in [-0.3, -0.25) is 0 Å². The molecule has 0 saturated carbocycles. The quantitative estimate of drug-likeness (QED) is 0.649. The minimum absolute atomic E-state index is 0.300. The fourth-order valence-corrected chi connectivity index (χ4v) is 2.66. The number of rotatable bonds is 8. The molecule has 0 aromatic carbocycles. The Bertz CT molecular complexity index is 223. The van der Waals surface area contributed by atoms with Crippen molar-refractivity contribution in [3.63, 3.8) is 0 Å². The van der Waals surface area contributed by atoms with Crippen LogP contribution in [0.15, 0.2) is 0 Å². The molecular weight excluding hydrogens is 210 g/mol. The lowest BCUT2D eigenvalue weighted by Gasteiger charge is -2.49. The summed E-state index contributed by atoms with van der Waals surface area (Å²) in [5.41, 5.74) is 0.703. The normalized spacial score (nSPS) is 16.9. The van der Waals surface area contributed by atoms with Crippen LogP contribution in [0.1, 0.15) is 60.3 Å². The molecule has 0 aromatic rings. The highest BCUT2D eigenvalue weighted by molar-refractivity contribution is 4.82. The van der Waals surface area contributed by atoms with Crippen LogP contribution in [0.4, 0.5) is 0 Å². The second kappa shape index (κ2) is 6.19. The van der Waals surface area contributed by atoms with Crippen molar-refractivity contribution >= 4 is 0 Å². The fraction of sp³-hybridized carbons (Fsp3) is 1.00. The van der Waals surface area contributed by atoms with E-state index >= 15 is 0 Å². The Labute approximate surface area is 109 Å². The zero-order valence-electron chi connectivity index (χ0n) is 13.1. The summed E-state index contributed by atoms with van der Waals surface area (Å²) in [4.78, 5) is 0. The molecule has 0 fully saturated rings. The van der Waals surface area contributed by atoms with Gasteiger partial charge in [-0.15, -0.1) is 0 Å². The number of aliphatic hydroxyl groups is 1. The van der Waals surface area contributed by atoms with Gasteiger partial charge < -0.3 is 9.59 Å². The number of aliphatic hydroxyl groups excluding tert-OH is 1. The molecule has 1 unspecified atom stereocenters. The summed E-state index contributed by atoms with van der Waals surface area (Å²) < 4.78 is 1.01. The van der Waals surface area contributed by atoms with E-state index in [0.29, 0.717) is 17.6 Å². The third kappa shape index (κ3) is 4.59. The average molecular weight is 244 g/mol. The lowest BCUT2D eigenvalue weighted by molar-refractivity contribution is -0.941. The molecule has 1 N–H and O–H groups in total. The second-order valence-corrected chi connectivity index (χ2v) is 7.03. The van der Waals surface area contributed by atoms with Crippen LogP contribution in [0, 0.1) is 5.41 Å². The number of quaternary nitrogens is 1. The first-order valence-electron chi connectivity index (χ1n) is 7.08. The molecule has 0 heterocycles. The fourth-order valence-electron chi connectivity index (χ4n) is 2.66. The monoisotopic (exact) mass is 244 g/mol. The Morgan fingerprint density at radius 3 is 1.88 bits per heavy atom. The zero-order chi connectivity index (χ0) is 13.7. The summed E-state index contributed by atoms with van der Waals surface area (Å²) in [6.07, 6.45) is 4.55. The first kappa shape index (κ1) is 16.9. The summed E-state index contributed by atoms with van der Waals surface area (Å²) >= 11 is 0. The number of hydrogen-bond donors (Lipinski definition) is 1. The Morgan fingerprint density at radius 2 is 1.53 bits per heavy atom. The molecule has 17 heavy (non-hydrogen) atoms. The highest BCUT2D eigenvalue weighted by Crippen LogP contribution is 2.38. The van der Waals surface area contributed by atoms with E-state index in [0.717, 1.165) is 17.4 Å². The molecule has 0 aromatic heterocycles. The van der Waals surface area contributed by atoms with Crippen LogP contribution in [0.25, 0.3) is 0 Å². The van der Waals surface area contributed by atoms with Crippen LogP contribution >= 0.6 is 0 Å². The van der Waals surface area contributed by atoms with Crippen LogP contribution in [-0.2, 0) is 0 Å². The van der Waals surface area contributed by atoms with E-state index in [2.05, 4.69) is 48.7 Å². The minimum atomic E-state index is 0.300. The van der Waals surface area contributed by atoms with Gasteiger partial charge in [-0.05, 0) is 18.8 Å². The first-order valence-corrected chi connectivity index (χ1v) is 7.08. The summed E-state index contributed by atoms with van der Waals surface area (Å²) in [6, 6.07) is 0. The predicted octanol–water partition coefficient (Wildman–Crippen LogP) is 3.44. The van der Waals surface area contributed by atoms with Gasteiger partial charge in [0.05, 0.1) is 26.2 Å². The molecule has 2 nitrogen and oxygen atoms in total. The summed E-state index contributed by atoms with van der Waals surface area (Å²) in [7, 11) is 4.62. The second-order valence-electron chi connectivity index (χ2n) is 7.03. The van der Waals surface area contributed by atoms with Gasteiger partial charge >= 0.3 is 0 Å². The standard InChI is InChI=1S/C15H34NO/c1-8-14(3,4)13-15(5,9-2)16(6,7)11-10-12-17/h17H,8-13H2,1-7H3/q+1. The van der Waals surface area contributed by atoms with Crippen molar-refractivity contribution in [3.8, 4) is 0 Å². The van der Waals surface area contributed by atoms with E-state index in [9.17, 15) is 0 Å². The first-order chi connectivity index (χ1) is 7.64. The highest BCUT2D eigenvalue weighted by Gasteiger charge is 2.42. The molecule has 2 heteroatoms. The third-order valence-corrected chi connectivity index (χ3v) is 4.91. The number of nitrogens with zero attached hydrogens (tertiary/aromatic N) is 1. The largest absolute Gasteiger partial charge is 0.396 e.